The van der Waals surface area contributed by atoms with Crippen molar-refractivity contribution in [3.8, 4) is 5.75 Å². The molecule has 2 atom stereocenters. The van der Waals surface area contributed by atoms with E-state index in [1.807, 2.05) is 6.92 Å². The number of anilines is 1. The number of rotatable bonds is 5. The topological polar surface area (TPSA) is 67.4 Å². The molecule has 1 rings (SSSR count). The molecule has 0 aliphatic rings. The Bertz CT molecular complexity index is 482. The fourth-order valence-corrected chi connectivity index (χ4v) is 2.74. The molecule has 0 bridgehead atoms. The fourth-order valence-electron chi connectivity index (χ4n) is 1.50. The number of ether oxygens (including phenoxy) is 1. The summed E-state index contributed by atoms with van der Waals surface area (Å²) >= 11 is 3.35. The molecule has 0 saturated heterocycles. The van der Waals surface area contributed by atoms with Gasteiger partial charge in [0, 0.05) is 33.3 Å². The first kappa shape index (κ1) is 16.0. The fraction of sp³-hybridized carbons (Fsp3) is 0.417. The van der Waals surface area contributed by atoms with Crippen LogP contribution >= 0.6 is 15.9 Å². The van der Waals surface area contributed by atoms with Gasteiger partial charge in [-0.2, -0.15) is 0 Å². The summed E-state index contributed by atoms with van der Waals surface area (Å²) in [6, 6.07) is 4.78. The summed E-state index contributed by atoms with van der Waals surface area (Å²) < 4.78 is 16.8. The van der Waals surface area contributed by atoms with Gasteiger partial charge >= 0.3 is 6.03 Å². The first-order chi connectivity index (χ1) is 8.92. The van der Waals surface area contributed by atoms with Crippen LogP contribution in [0.2, 0.25) is 0 Å². The summed E-state index contributed by atoms with van der Waals surface area (Å²) in [5.74, 6) is 1.13. The van der Waals surface area contributed by atoms with Crippen LogP contribution in [0.1, 0.15) is 6.92 Å². The normalized spacial score (nSPS) is 13.5. The van der Waals surface area contributed by atoms with Gasteiger partial charge in [0.1, 0.15) is 5.75 Å². The second kappa shape index (κ2) is 7.49. The number of amides is 2. The van der Waals surface area contributed by atoms with Gasteiger partial charge in [-0.3, -0.25) is 4.21 Å². The van der Waals surface area contributed by atoms with Gasteiger partial charge in [-0.05, 0) is 41.1 Å². The Kier molecular flexibility index (Phi) is 6.30. The van der Waals surface area contributed by atoms with Crippen molar-refractivity contribution in [2.75, 3.05) is 24.4 Å². The molecule has 1 aromatic rings. The Morgan fingerprint density at radius 2 is 2.21 bits per heavy atom. The predicted molar refractivity (Wildman–Crippen MR) is 81.2 cm³/mol. The van der Waals surface area contributed by atoms with Crippen LogP contribution in [0.15, 0.2) is 22.7 Å². The highest BCUT2D eigenvalue weighted by Gasteiger charge is 2.10. The van der Waals surface area contributed by atoms with Crippen LogP contribution in [-0.4, -0.2) is 35.4 Å². The quantitative estimate of drug-likeness (QED) is 0.858. The van der Waals surface area contributed by atoms with E-state index in [0.717, 1.165) is 4.47 Å². The van der Waals surface area contributed by atoms with Gasteiger partial charge in [-0.1, -0.05) is 0 Å². The Morgan fingerprint density at radius 3 is 2.74 bits per heavy atom. The SMILES string of the molecule is COc1ccc(NC(=O)N[C@H](C)C[S@@](C)=O)c(Br)c1. The average molecular weight is 349 g/mol. The van der Waals surface area contributed by atoms with Crippen molar-refractivity contribution in [2.45, 2.75) is 13.0 Å². The lowest BCUT2D eigenvalue weighted by atomic mass is 10.3. The molecule has 0 spiro atoms. The number of carbonyl (C=O) groups excluding carboxylic acids is 1. The van der Waals surface area contributed by atoms with E-state index in [1.165, 1.54) is 0 Å². The molecular weight excluding hydrogens is 332 g/mol. The van der Waals surface area contributed by atoms with Gasteiger partial charge in [-0.25, -0.2) is 4.79 Å². The molecule has 7 heteroatoms. The van der Waals surface area contributed by atoms with Crippen molar-refractivity contribution in [3.05, 3.63) is 22.7 Å². The van der Waals surface area contributed by atoms with E-state index in [2.05, 4.69) is 26.6 Å². The zero-order valence-corrected chi connectivity index (χ0v) is 13.4. The standard InChI is InChI=1S/C12H17BrN2O3S/c1-8(7-19(3)17)14-12(16)15-11-5-4-9(18-2)6-10(11)13/h4-6,8H,7H2,1-3H3,(H2,14,15,16)/t8-,19-/m1/s1. The van der Waals surface area contributed by atoms with Crippen molar-refractivity contribution in [1.82, 2.24) is 5.32 Å². The van der Waals surface area contributed by atoms with Gasteiger partial charge in [0.15, 0.2) is 0 Å². The minimum atomic E-state index is -0.936. The number of hydrogen-bond acceptors (Lipinski definition) is 3. The number of methoxy groups -OCH3 is 1. The number of nitrogens with one attached hydrogen (secondary N) is 2. The van der Waals surface area contributed by atoms with Gasteiger partial charge in [0.05, 0.1) is 12.8 Å². The summed E-state index contributed by atoms with van der Waals surface area (Å²) in [7, 11) is 0.642. The molecule has 106 valence electrons. The van der Waals surface area contributed by atoms with Crippen LogP contribution < -0.4 is 15.4 Å². The van der Waals surface area contributed by atoms with Crippen LogP contribution in [-0.2, 0) is 10.8 Å². The molecule has 19 heavy (non-hydrogen) atoms. The predicted octanol–water partition coefficient (Wildman–Crippen LogP) is 2.35. The van der Waals surface area contributed by atoms with Crippen molar-refractivity contribution in [1.29, 1.82) is 0 Å². The maximum Gasteiger partial charge on any atom is 0.319 e. The third-order valence-corrected chi connectivity index (χ3v) is 3.91. The van der Waals surface area contributed by atoms with E-state index in [4.69, 9.17) is 4.74 Å². The van der Waals surface area contributed by atoms with E-state index < -0.39 is 10.8 Å². The lowest BCUT2D eigenvalue weighted by Gasteiger charge is -2.14. The minimum absolute atomic E-state index is 0.150. The van der Waals surface area contributed by atoms with Gasteiger partial charge in [-0.15, -0.1) is 0 Å². The zero-order chi connectivity index (χ0) is 14.4. The number of halogens is 1. The van der Waals surface area contributed by atoms with E-state index in [-0.39, 0.29) is 12.1 Å². The summed E-state index contributed by atoms with van der Waals surface area (Å²) in [6.45, 7) is 1.81. The highest BCUT2D eigenvalue weighted by molar-refractivity contribution is 9.10. The molecule has 0 aromatic heterocycles. The van der Waals surface area contributed by atoms with Crippen LogP contribution in [0.5, 0.6) is 5.75 Å². The summed E-state index contributed by atoms with van der Waals surface area (Å²) in [4.78, 5) is 11.7. The smallest absolute Gasteiger partial charge is 0.319 e. The minimum Gasteiger partial charge on any atom is -0.497 e. The molecular formula is C12H17BrN2O3S. The monoisotopic (exact) mass is 348 g/mol. The largest absolute Gasteiger partial charge is 0.497 e. The Hall–Kier alpha value is -1.08. The third-order valence-electron chi connectivity index (χ3n) is 2.29. The third kappa shape index (κ3) is 5.61. The summed E-state index contributed by atoms with van der Waals surface area (Å²) in [5.41, 5.74) is 0.642. The maximum absolute atomic E-state index is 11.7. The first-order valence-electron chi connectivity index (χ1n) is 5.63. The van der Waals surface area contributed by atoms with Crippen LogP contribution in [0.4, 0.5) is 10.5 Å². The molecule has 0 aliphatic carbocycles. The first-order valence-corrected chi connectivity index (χ1v) is 8.15. The molecule has 2 amide bonds. The van der Waals surface area contributed by atoms with Crippen LogP contribution in [0.25, 0.3) is 0 Å². The summed E-state index contributed by atoms with van der Waals surface area (Å²) in [5, 5.41) is 5.43. The van der Waals surface area contributed by atoms with Crippen LogP contribution in [0, 0.1) is 0 Å². The second-order valence-corrected chi connectivity index (χ2v) is 6.42. The van der Waals surface area contributed by atoms with Crippen molar-refractivity contribution >= 4 is 38.4 Å². The van der Waals surface area contributed by atoms with E-state index in [0.29, 0.717) is 17.2 Å². The average Bonchev–Trinajstić information content (AvgIpc) is 2.30. The molecule has 0 saturated carbocycles. The van der Waals surface area contributed by atoms with Gasteiger partial charge in [0.25, 0.3) is 0 Å². The lowest BCUT2D eigenvalue weighted by Crippen LogP contribution is -2.39. The van der Waals surface area contributed by atoms with E-state index in [9.17, 15) is 9.00 Å². The molecule has 0 unspecified atom stereocenters. The lowest BCUT2D eigenvalue weighted by molar-refractivity contribution is 0.250. The Morgan fingerprint density at radius 1 is 1.53 bits per heavy atom. The van der Waals surface area contributed by atoms with Crippen molar-refractivity contribution in [2.24, 2.45) is 0 Å². The van der Waals surface area contributed by atoms with Crippen molar-refractivity contribution < 1.29 is 13.7 Å². The second-order valence-electron chi connectivity index (χ2n) is 4.09. The number of urea groups is 1. The van der Waals surface area contributed by atoms with E-state index >= 15 is 0 Å². The Balaban J connectivity index is 2.59. The molecule has 0 heterocycles. The molecule has 0 fully saturated rings. The summed E-state index contributed by atoms with van der Waals surface area (Å²) in [6.07, 6.45) is 1.61. The van der Waals surface area contributed by atoms with Crippen molar-refractivity contribution in [3.63, 3.8) is 0 Å². The maximum atomic E-state index is 11.7. The molecule has 0 aliphatic heterocycles. The molecule has 2 N–H and O–H groups in total. The highest BCUT2D eigenvalue weighted by Crippen LogP contribution is 2.26. The number of carbonyl (C=O) groups is 1. The van der Waals surface area contributed by atoms with Gasteiger partial charge in [0.2, 0.25) is 0 Å². The molecule has 1 aromatic carbocycles. The number of hydrogen-bond donors (Lipinski definition) is 2. The Labute approximate surface area is 123 Å². The molecule has 5 nitrogen and oxygen atoms in total. The zero-order valence-electron chi connectivity index (χ0n) is 11.0. The van der Waals surface area contributed by atoms with Gasteiger partial charge < -0.3 is 15.4 Å². The van der Waals surface area contributed by atoms with E-state index in [1.54, 1.807) is 31.6 Å². The molecule has 0 radical (unpaired) electrons. The number of benzene rings is 1. The van der Waals surface area contributed by atoms with Crippen LogP contribution in [0.3, 0.4) is 0 Å². The highest BCUT2D eigenvalue weighted by atomic mass is 79.9.